The van der Waals surface area contributed by atoms with Crippen LogP contribution in [-0.2, 0) is 38.1 Å². The summed E-state index contributed by atoms with van der Waals surface area (Å²) in [6.07, 6.45) is 6.86. The molecule has 1 saturated carbocycles. The summed E-state index contributed by atoms with van der Waals surface area (Å²) >= 11 is 0. The summed E-state index contributed by atoms with van der Waals surface area (Å²) in [5.74, 6) is -6.12. The third-order valence-electron chi connectivity index (χ3n) is 12.4. The van der Waals surface area contributed by atoms with Crippen LogP contribution in [0.2, 0.25) is 0 Å². The lowest BCUT2D eigenvalue weighted by molar-refractivity contribution is -0.302. The highest BCUT2D eigenvalue weighted by Gasteiger charge is 2.56. The third-order valence-corrected chi connectivity index (χ3v) is 12.4. The molecule has 3 N–H and O–H groups in total. The second-order valence-corrected chi connectivity index (χ2v) is 16.7. The quantitative estimate of drug-likeness (QED) is 0.192. The Morgan fingerprint density at radius 1 is 0.981 bits per heavy atom. The van der Waals surface area contributed by atoms with Gasteiger partial charge in [0, 0.05) is 52.0 Å². The molecule has 3 aliphatic heterocycles. The predicted molar refractivity (Wildman–Crippen MR) is 202 cm³/mol. The highest BCUT2D eigenvalue weighted by molar-refractivity contribution is 6.39. The number of methoxy groups -OCH3 is 2. The lowest BCUT2D eigenvalue weighted by Crippen LogP contribution is -2.64. The standard InChI is InChI=1S/C42H67NO11/c1-8-31-18-25(2)17-26(3)19-36(51-6)38-37(52-7)21-28(5)42(50,54-38)39(47)40(48)43-16-10-9-11-33(43)41(49)53-35(23-32(45)22-34(31)46)27(4)20-29-12-14-30(24-44)15-13-29/h18,20,26,28-33,35-38,44-45,50H,8-17,19,21-24H2,1-7H3/b25-18+,27-20+/t26-,28+,29?,30?,31+,32-,33-,35-,36-,37-,38+,42?/m0/s1. The molecular formula is C42H67NO11. The molecular weight excluding hydrogens is 694 g/mol. The van der Waals surface area contributed by atoms with Crippen molar-refractivity contribution in [2.24, 2.45) is 29.6 Å². The Kier molecular flexibility index (Phi) is 16.5. The molecule has 0 radical (unpaired) electrons. The third kappa shape index (κ3) is 10.9. The number of ether oxygens (including phenoxy) is 4. The molecule has 3 heterocycles. The molecule has 12 nitrogen and oxygen atoms in total. The lowest BCUT2D eigenvalue weighted by atomic mass is 9.81. The number of cyclic esters (lactones) is 1. The molecule has 0 aromatic carbocycles. The van der Waals surface area contributed by atoms with Gasteiger partial charge in [-0.2, -0.15) is 0 Å². The number of fused-ring (bicyclic) bond motifs is 3. The minimum atomic E-state index is -2.48. The van der Waals surface area contributed by atoms with Crippen LogP contribution in [-0.4, -0.2) is 113 Å². The number of esters is 1. The number of piperidine rings is 1. The van der Waals surface area contributed by atoms with Crippen LogP contribution >= 0.6 is 0 Å². The molecule has 2 bridgehead atoms. The van der Waals surface area contributed by atoms with Gasteiger partial charge in [-0.1, -0.05) is 38.5 Å². The lowest BCUT2D eigenvalue weighted by Gasteiger charge is -2.47. The summed E-state index contributed by atoms with van der Waals surface area (Å²) in [4.78, 5) is 57.2. The van der Waals surface area contributed by atoms with E-state index >= 15 is 0 Å². The van der Waals surface area contributed by atoms with E-state index in [1.54, 1.807) is 6.92 Å². The van der Waals surface area contributed by atoms with Crippen molar-refractivity contribution in [2.75, 3.05) is 27.4 Å². The summed E-state index contributed by atoms with van der Waals surface area (Å²) in [5.41, 5.74) is 1.75. The van der Waals surface area contributed by atoms with E-state index in [0.29, 0.717) is 32.1 Å². The van der Waals surface area contributed by atoms with Gasteiger partial charge in [0.15, 0.2) is 0 Å². The fraction of sp³-hybridized carbons (Fsp3) is 0.810. The molecule has 54 heavy (non-hydrogen) atoms. The molecule has 1 amide bonds. The fourth-order valence-electron chi connectivity index (χ4n) is 9.09. The number of allylic oxidation sites excluding steroid dienone is 3. The molecule has 3 fully saturated rings. The number of Topliss-reactive ketones (excluding diaryl/α,β-unsaturated/α-hetero) is 2. The maximum atomic E-state index is 14.1. The van der Waals surface area contributed by atoms with E-state index in [4.69, 9.17) is 18.9 Å². The average molecular weight is 762 g/mol. The first kappa shape index (κ1) is 44.2. The van der Waals surface area contributed by atoms with Gasteiger partial charge in [-0.25, -0.2) is 4.79 Å². The maximum Gasteiger partial charge on any atom is 0.329 e. The number of aliphatic hydroxyl groups excluding tert-OH is 2. The van der Waals surface area contributed by atoms with E-state index in [0.717, 1.165) is 36.8 Å². The van der Waals surface area contributed by atoms with Crippen molar-refractivity contribution in [2.45, 2.75) is 160 Å². The second-order valence-electron chi connectivity index (χ2n) is 16.7. The Hall–Kier alpha value is -2.48. The molecule has 4 aliphatic rings. The van der Waals surface area contributed by atoms with Gasteiger partial charge in [0.25, 0.3) is 11.7 Å². The number of carbonyl (C=O) groups excluding carboxylic acids is 4. The van der Waals surface area contributed by atoms with E-state index in [9.17, 15) is 34.5 Å². The zero-order valence-electron chi connectivity index (χ0n) is 33.7. The number of carbonyl (C=O) groups is 4. The molecule has 2 saturated heterocycles. The van der Waals surface area contributed by atoms with Crippen LogP contribution in [0, 0.1) is 29.6 Å². The molecule has 4 rings (SSSR count). The fourth-order valence-corrected chi connectivity index (χ4v) is 9.09. The topological polar surface area (TPSA) is 169 Å². The van der Waals surface area contributed by atoms with Gasteiger partial charge < -0.3 is 39.2 Å². The molecule has 0 aromatic heterocycles. The largest absolute Gasteiger partial charge is 0.456 e. The van der Waals surface area contributed by atoms with Gasteiger partial charge in [-0.15, -0.1) is 0 Å². The zero-order valence-corrected chi connectivity index (χ0v) is 33.7. The van der Waals surface area contributed by atoms with Crippen LogP contribution < -0.4 is 0 Å². The number of aliphatic hydroxyl groups is 3. The monoisotopic (exact) mass is 761 g/mol. The van der Waals surface area contributed by atoms with Crippen molar-refractivity contribution >= 4 is 23.4 Å². The van der Waals surface area contributed by atoms with Crippen LogP contribution in [0.3, 0.4) is 0 Å². The highest BCUT2D eigenvalue weighted by Crippen LogP contribution is 2.39. The minimum absolute atomic E-state index is 0.00682. The van der Waals surface area contributed by atoms with Crippen LogP contribution in [0.5, 0.6) is 0 Å². The molecule has 0 spiro atoms. The molecule has 1 aliphatic carbocycles. The van der Waals surface area contributed by atoms with Crippen molar-refractivity contribution in [3.05, 3.63) is 23.3 Å². The van der Waals surface area contributed by atoms with Crippen molar-refractivity contribution < 1.29 is 53.4 Å². The van der Waals surface area contributed by atoms with Crippen LogP contribution in [0.4, 0.5) is 0 Å². The van der Waals surface area contributed by atoms with Gasteiger partial charge in [-0.05, 0) is 108 Å². The summed E-state index contributed by atoms with van der Waals surface area (Å²) in [5, 5.41) is 32.9. The van der Waals surface area contributed by atoms with Gasteiger partial charge in [-0.3, -0.25) is 14.4 Å². The first-order chi connectivity index (χ1) is 25.6. The highest BCUT2D eigenvalue weighted by atomic mass is 16.7. The number of hydrogen-bond acceptors (Lipinski definition) is 11. The Labute approximate surface area is 322 Å². The zero-order chi connectivity index (χ0) is 39.7. The molecule has 1 unspecified atom stereocenters. The van der Waals surface area contributed by atoms with E-state index in [1.807, 2.05) is 26.8 Å². The van der Waals surface area contributed by atoms with Crippen LogP contribution in [0.1, 0.15) is 118 Å². The van der Waals surface area contributed by atoms with Crippen molar-refractivity contribution in [3.63, 3.8) is 0 Å². The summed E-state index contributed by atoms with van der Waals surface area (Å²) in [7, 11) is 3.07. The number of ketones is 2. The Bertz CT molecular complexity index is 1360. The van der Waals surface area contributed by atoms with Crippen molar-refractivity contribution in [3.8, 4) is 0 Å². The number of hydrogen-bond donors (Lipinski definition) is 3. The maximum absolute atomic E-state index is 14.1. The Balaban J connectivity index is 1.72. The van der Waals surface area contributed by atoms with E-state index < -0.39 is 71.8 Å². The molecule has 306 valence electrons. The first-order valence-corrected chi connectivity index (χ1v) is 20.3. The molecule has 12 heteroatoms. The average Bonchev–Trinajstić information content (AvgIpc) is 3.15. The molecule has 0 aromatic rings. The van der Waals surface area contributed by atoms with E-state index in [-0.39, 0.29) is 62.4 Å². The van der Waals surface area contributed by atoms with Crippen molar-refractivity contribution in [1.29, 1.82) is 0 Å². The van der Waals surface area contributed by atoms with Gasteiger partial charge in [0.1, 0.15) is 24.0 Å². The Morgan fingerprint density at radius 3 is 2.28 bits per heavy atom. The number of amides is 1. The van der Waals surface area contributed by atoms with Crippen LogP contribution in [0.25, 0.3) is 0 Å². The second kappa shape index (κ2) is 20.1. The van der Waals surface area contributed by atoms with E-state index in [1.165, 1.54) is 19.1 Å². The van der Waals surface area contributed by atoms with Crippen LogP contribution in [0.15, 0.2) is 23.3 Å². The summed E-state index contributed by atoms with van der Waals surface area (Å²) in [6.45, 7) is 9.75. The molecule has 10 atom stereocenters. The smallest absolute Gasteiger partial charge is 0.329 e. The van der Waals surface area contributed by atoms with Crippen molar-refractivity contribution in [1.82, 2.24) is 4.90 Å². The normalized spacial score (nSPS) is 39.9. The summed E-state index contributed by atoms with van der Waals surface area (Å²) in [6, 6.07) is -1.09. The van der Waals surface area contributed by atoms with Gasteiger partial charge in [0.05, 0.1) is 18.3 Å². The summed E-state index contributed by atoms with van der Waals surface area (Å²) < 4.78 is 24.1. The minimum Gasteiger partial charge on any atom is -0.456 e. The predicted octanol–water partition coefficient (Wildman–Crippen LogP) is 4.85. The van der Waals surface area contributed by atoms with Gasteiger partial charge in [0.2, 0.25) is 5.79 Å². The first-order valence-electron chi connectivity index (χ1n) is 20.3. The van der Waals surface area contributed by atoms with Gasteiger partial charge >= 0.3 is 5.97 Å². The number of rotatable bonds is 6. The Morgan fingerprint density at radius 2 is 1.65 bits per heavy atom. The SMILES string of the molecule is CC[C@@H]1/C=C(\C)C[C@H](C)C[C@H](OC)[C@H]2OC(O)(C(=O)C(=O)N3CCCC[C@H]3C(=O)O[C@H](/C(C)=C/C3CCC(CO)CC3)C[C@@H](O)CC1=O)[C@H](C)C[C@@H]2OC. The number of nitrogens with zero attached hydrogens (tertiary/aromatic N) is 1. The van der Waals surface area contributed by atoms with E-state index in [2.05, 4.69) is 13.0 Å².